The highest BCUT2D eigenvalue weighted by Gasteiger charge is 2.05. The van der Waals surface area contributed by atoms with Gasteiger partial charge in [0.2, 0.25) is 0 Å². The van der Waals surface area contributed by atoms with Crippen molar-refractivity contribution in [2.24, 2.45) is 0 Å². The van der Waals surface area contributed by atoms with Crippen molar-refractivity contribution in [3.05, 3.63) is 28.2 Å². The summed E-state index contributed by atoms with van der Waals surface area (Å²) in [5.74, 6) is 0.878. The van der Waals surface area contributed by atoms with Crippen molar-refractivity contribution in [3.8, 4) is 0 Å². The minimum Gasteiger partial charge on any atom is -0.310 e. The van der Waals surface area contributed by atoms with Gasteiger partial charge in [0.1, 0.15) is 0 Å². The molecule has 0 aliphatic carbocycles. The lowest BCUT2D eigenvalue weighted by molar-refractivity contribution is 0.588. The lowest BCUT2D eigenvalue weighted by Gasteiger charge is -2.02. The van der Waals surface area contributed by atoms with Crippen LogP contribution in [-0.4, -0.2) is 26.8 Å². The summed E-state index contributed by atoms with van der Waals surface area (Å²) in [4.78, 5) is 0. The maximum absolute atomic E-state index is 3.98. The van der Waals surface area contributed by atoms with Crippen molar-refractivity contribution in [2.75, 3.05) is 6.54 Å². The molecule has 0 aliphatic heterocycles. The summed E-state index contributed by atoms with van der Waals surface area (Å²) in [5, 5.41) is 19.0. The van der Waals surface area contributed by atoms with Crippen molar-refractivity contribution < 1.29 is 0 Å². The topological polar surface area (TPSA) is 55.6 Å². The number of hydrogen-bond donors (Lipinski definition) is 1. The van der Waals surface area contributed by atoms with Crippen LogP contribution in [0.1, 0.15) is 18.3 Å². The maximum atomic E-state index is 3.98. The summed E-state index contributed by atoms with van der Waals surface area (Å²) >= 11 is 1.69. The van der Waals surface area contributed by atoms with E-state index in [2.05, 4.69) is 44.6 Å². The minimum absolute atomic E-state index is 0.716. The molecule has 1 N–H and O–H groups in total. The average molecular weight is 223 g/mol. The van der Waals surface area contributed by atoms with Gasteiger partial charge >= 0.3 is 0 Å². The van der Waals surface area contributed by atoms with Gasteiger partial charge in [-0.25, -0.2) is 4.68 Å². The molecular weight excluding hydrogens is 210 g/mol. The molecule has 0 radical (unpaired) electrons. The molecule has 0 aliphatic rings. The van der Waals surface area contributed by atoms with Gasteiger partial charge in [-0.3, -0.25) is 0 Å². The van der Waals surface area contributed by atoms with Gasteiger partial charge in [-0.2, -0.15) is 11.3 Å². The molecule has 0 unspecified atom stereocenters. The first kappa shape index (κ1) is 10.3. The Kier molecular flexibility index (Phi) is 3.41. The molecule has 2 aromatic rings. The largest absolute Gasteiger partial charge is 0.310 e. The number of aromatic nitrogens is 4. The normalized spacial score (nSPS) is 10.7. The number of nitrogens with zero attached hydrogens (tertiary/aromatic N) is 4. The zero-order chi connectivity index (χ0) is 10.5. The first-order valence-electron chi connectivity index (χ1n) is 4.87. The van der Waals surface area contributed by atoms with Crippen molar-refractivity contribution in [3.63, 3.8) is 0 Å². The Hall–Kier alpha value is -1.27. The van der Waals surface area contributed by atoms with Crippen LogP contribution in [0.2, 0.25) is 0 Å². The number of thiophene rings is 1. The van der Waals surface area contributed by atoms with Crippen LogP contribution in [0.5, 0.6) is 0 Å². The van der Waals surface area contributed by atoms with E-state index in [1.54, 1.807) is 11.3 Å². The van der Waals surface area contributed by atoms with Crippen LogP contribution >= 0.6 is 11.3 Å². The van der Waals surface area contributed by atoms with E-state index in [4.69, 9.17) is 0 Å². The van der Waals surface area contributed by atoms with E-state index in [0.29, 0.717) is 6.54 Å². The Balaban J connectivity index is 2.04. The molecule has 2 rings (SSSR count). The summed E-state index contributed by atoms with van der Waals surface area (Å²) in [6, 6.07) is 2.09. The van der Waals surface area contributed by atoms with Crippen LogP contribution in [0.15, 0.2) is 16.8 Å². The molecule has 0 aromatic carbocycles. The van der Waals surface area contributed by atoms with Crippen molar-refractivity contribution in [1.82, 2.24) is 25.5 Å². The average Bonchev–Trinajstić information content (AvgIpc) is 2.87. The Morgan fingerprint density at radius 1 is 1.53 bits per heavy atom. The first-order valence-corrected chi connectivity index (χ1v) is 5.81. The van der Waals surface area contributed by atoms with E-state index in [-0.39, 0.29) is 0 Å². The van der Waals surface area contributed by atoms with Gasteiger partial charge in [0.15, 0.2) is 5.82 Å². The summed E-state index contributed by atoms with van der Waals surface area (Å²) in [6.07, 6.45) is 0. The number of rotatable bonds is 5. The van der Waals surface area contributed by atoms with Gasteiger partial charge in [-0.1, -0.05) is 6.92 Å². The lowest BCUT2D eigenvalue weighted by Crippen LogP contribution is -2.17. The predicted molar refractivity (Wildman–Crippen MR) is 58.6 cm³/mol. The van der Waals surface area contributed by atoms with Crippen molar-refractivity contribution in [1.29, 1.82) is 0 Å². The quantitative estimate of drug-likeness (QED) is 0.818. The molecule has 0 fully saturated rings. The monoisotopic (exact) mass is 223 g/mol. The van der Waals surface area contributed by atoms with Crippen molar-refractivity contribution >= 4 is 11.3 Å². The Morgan fingerprint density at radius 3 is 3.20 bits per heavy atom. The maximum Gasteiger partial charge on any atom is 0.165 e. The summed E-state index contributed by atoms with van der Waals surface area (Å²) in [6.45, 7) is 4.45. The molecule has 15 heavy (non-hydrogen) atoms. The fraction of sp³-hybridized carbons (Fsp3) is 0.444. The predicted octanol–water partition coefficient (Wildman–Crippen LogP) is 0.892. The van der Waals surface area contributed by atoms with E-state index in [1.807, 2.05) is 4.68 Å². The van der Waals surface area contributed by atoms with Gasteiger partial charge in [-0.05, 0) is 39.4 Å². The molecule has 2 heterocycles. The van der Waals surface area contributed by atoms with Crippen LogP contribution < -0.4 is 5.32 Å². The molecule has 2 aromatic heterocycles. The fourth-order valence-corrected chi connectivity index (χ4v) is 1.92. The van der Waals surface area contributed by atoms with Crippen LogP contribution in [0, 0.1) is 0 Å². The van der Waals surface area contributed by atoms with Gasteiger partial charge < -0.3 is 5.32 Å². The molecule has 0 atom stereocenters. The molecular formula is C9H13N5S. The second-order valence-corrected chi connectivity index (χ2v) is 3.94. The summed E-state index contributed by atoms with van der Waals surface area (Å²) in [5.41, 5.74) is 1.24. The molecule has 0 saturated heterocycles. The molecule has 80 valence electrons. The highest BCUT2D eigenvalue weighted by molar-refractivity contribution is 7.07. The van der Waals surface area contributed by atoms with Gasteiger partial charge in [0.25, 0.3) is 0 Å². The lowest BCUT2D eigenvalue weighted by atomic mass is 10.3. The third-order valence-corrected chi connectivity index (χ3v) is 2.78. The molecule has 0 saturated carbocycles. The third-order valence-electron chi connectivity index (χ3n) is 2.05. The Bertz CT molecular complexity index is 394. The summed E-state index contributed by atoms with van der Waals surface area (Å²) < 4.78 is 1.82. The molecule has 6 heteroatoms. The fourth-order valence-electron chi connectivity index (χ4n) is 1.27. The Morgan fingerprint density at radius 2 is 2.47 bits per heavy atom. The highest BCUT2D eigenvalue weighted by Crippen LogP contribution is 2.07. The second kappa shape index (κ2) is 4.99. The SMILES string of the molecule is CCNCc1nnnn1Cc1ccsc1. The van der Waals surface area contributed by atoms with Crippen LogP contribution in [-0.2, 0) is 13.1 Å². The standard InChI is InChI=1S/C9H13N5S/c1-2-10-5-9-11-12-13-14(9)6-8-3-4-15-7-8/h3-4,7,10H,2,5-6H2,1H3. The first-order chi connectivity index (χ1) is 7.40. The van der Waals surface area contributed by atoms with E-state index in [9.17, 15) is 0 Å². The number of tetrazole rings is 1. The van der Waals surface area contributed by atoms with Crippen molar-refractivity contribution in [2.45, 2.75) is 20.0 Å². The Labute approximate surface area is 92.1 Å². The van der Waals surface area contributed by atoms with Gasteiger partial charge in [0, 0.05) is 0 Å². The zero-order valence-corrected chi connectivity index (χ0v) is 9.37. The molecule has 5 nitrogen and oxygen atoms in total. The van der Waals surface area contributed by atoms with Crippen LogP contribution in [0.3, 0.4) is 0 Å². The minimum atomic E-state index is 0.716. The second-order valence-electron chi connectivity index (χ2n) is 3.16. The van der Waals surface area contributed by atoms with E-state index >= 15 is 0 Å². The van der Waals surface area contributed by atoms with E-state index < -0.39 is 0 Å². The zero-order valence-electron chi connectivity index (χ0n) is 8.55. The third kappa shape index (κ3) is 2.60. The smallest absolute Gasteiger partial charge is 0.165 e. The van der Waals surface area contributed by atoms with Gasteiger partial charge in [0.05, 0.1) is 13.1 Å². The molecule has 0 amide bonds. The van der Waals surface area contributed by atoms with E-state index in [0.717, 1.165) is 18.9 Å². The van der Waals surface area contributed by atoms with Gasteiger partial charge in [-0.15, -0.1) is 5.10 Å². The number of hydrogen-bond acceptors (Lipinski definition) is 5. The van der Waals surface area contributed by atoms with Crippen LogP contribution in [0.4, 0.5) is 0 Å². The van der Waals surface area contributed by atoms with E-state index in [1.165, 1.54) is 5.56 Å². The number of nitrogens with one attached hydrogen (secondary N) is 1. The van der Waals surface area contributed by atoms with Crippen LogP contribution in [0.25, 0.3) is 0 Å². The molecule has 0 spiro atoms. The highest BCUT2D eigenvalue weighted by atomic mass is 32.1. The summed E-state index contributed by atoms with van der Waals surface area (Å²) in [7, 11) is 0. The molecule has 0 bridgehead atoms.